The summed E-state index contributed by atoms with van der Waals surface area (Å²) in [7, 11) is 0. The number of hydrogen-bond donors (Lipinski definition) is 4. The molecule has 0 saturated heterocycles. The van der Waals surface area contributed by atoms with Gasteiger partial charge in [0.2, 0.25) is 5.95 Å². The summed E-state index contributed by atoms with van der Waals surface area (Å²) in [6.07, 6.45) is -1.13. The molecule has 1 amide bonds. The Morgan fingerprint density at radius 3 is 2.37 bits per heavy atom. The second kappa shape index (κ2) is 8.15. The molecule has 1 aromatic heterocycles. The number of ether oxygens (including phenoxy) is 1. The smallest absolute Gasteiger partial charge is 0.409 e. The van der Waals surface area contributed by atoms with E-state index >= 15 is 0 Å². The van der Waals surface area contributed by atoms with Crippen molar-refractivity contribution in [2.24, 2.45) is 0 Å². The molecule has 0 unspecified atom stereocenters. The van der Waals surface area contributed by atoms with Crippen molar-refractivity contribution in [3.63, 3.8) is 0 Å². The molecule has 3 rings (SSSR count). The average molecular weight is 365 g/mol. The van der Waals surface area contributed by atoms with Gasteiger partial charge in [-0.15, -0.1) is 0 Å². The molecule has 2 aromatic carbocycles. The Balaban J connectivity index is 1.82. The summed E-state index contributed by atoms with van der Waals surface area (Å²) in [5.74, 6) is 0.304. The second-order valence-electron chi connectivity index (χ2n) is 5.77. The number of nitrogens with one attached hydrogen (secondary N) is 1. The quantitative estimate of drug-likeness (QED) is 0.527. The standard InChI is InChI=1S/C19H19N5O3/c20-17-16(13-6-8-14(9-7-13)22-19(25)26)15(23-18(21)24-17)11-27-10-12-4-2-1-3-5-12/h1-9,22H,10-11H2,(H,25,26)(H4,20,21,23,24). The van der Waals surface area contributed by atoms with E-state index in [1.165, 1.54) is 0 Å². The minimum absolute atomic E-state index is 0.0683. The zero-order valence-corrected chi connectivity index (χ0v) is 14.4. The fourth-order valence-electron chi connectivity index (χ4n) is 2.65. The molecule has 0 spiro atoms. The number of carboxylic acid groups (broad SMARTS) is 1. The molecule has 138 valence electrons. The molecular formula is C19H19N5O3. The Bertz CT molecular complexity index is 930. The minimum Gasteiger partial charge on any atom is -0.465 e. The molecule has 8 nitrogen and oxygen atoms in total. The van der Waals surface area contributed by atoms with Crippen LogP contribution in [-0.2, 0) is 18.0 Å². The Morgan fingerprint density at radius 2 is 1.70 bits per heavy atom. The molecule has 0 bridgehead atoms. The molecule has 3 aromatic rings. The predicted molar refractivity (Wildman–Crippen MR) is 103 cm³/mol. The largest absolute Gasteiger partial charge is 0.465 e. The predicted octanol–water partition coefficient (Wildman–Crippen LogP) is 3.11. The number of aromatic nitrogens is 2. The van der Waals surface area contributed by atoms with Crippen LogP contribution >= 0.6 is 0 Å². The first-order chi connectivity index (χ1) is 13.0. The van der Waals surface area contributed by atoms with Crippen LogP contribution in [0.4, 0.5) is 22.2 Å². The van der Waals surface area contributed by atoms with Crippen molar-refractivity contribution in [1.29, 1.82) is 0 Å². The van der Waals surface area contributed by atoms with Crippen molar-refractivity contribution in [2.45, 2.75) is 13.2 Å². The third-order valence-corrected chi connectivity index (χ3v) is 3.80. The number of nitrogens with two attached hydrogens (primary N) is 2. The summed E-state index contributed by atoms with van der Waals surface area (Å²) in [6, 6.07) is 16.5. The Labute approximate surface area is 155 Å². The molecular weight excluding hydrogens is 346 g/mol. The van der Waals surface area contributed by atoms with E-state index in [0.29, 0.717) is 23.6 Å². The van der Waals surface area contributed by atoms with Crippen molar-refractivity contribution >= 4 is 23.5 Å². The molecule has 0 aliphatic rings. The Kier molecular flexibility index (Phi) is 5.48. The summed E-state index contributed by atoms with van der Waals surface area (Å²) in [5, 5.41) is 11.1. The summed E-state index contributed by atoms with van der Waals surface area (Å²) in [6.45, 7) is 0.627. The van der Waals surface area contributed by atoms with Gasteiger partial charge in [0.1, 0.15) is 5.82 Å². The summed E-state index contributed by atoms with van der Waals surface area (Å²) >= 11 is 0. The van der Waals surface area contributed by atoms with Crippen LogP contribution in [0.25, 0.3) is 11.1 Å². The summed E-state index contributed by atoms with van der Waals surface area (Å²) in [4.78, 5) is 19.0. The van der Waals surface area contributed by atoms with Crippen LogP contribution in [0.15, 0.2) is 54.6 Å². The van der Waals surface area contributed by atoms with Gasteiger partial charge in [0.25, 0.3) is 0 Å². The lowest BCUT2D eigenvalue weighted by Crippen LogP contribution is -2.09. The molecule has 0 radical (unpaired) electrons. The lowest BCUT2D eigenvalue weighted by Gasteiger charge is -2.13. The highest BCUT2D eigenvalue weighted by atomic mass is 16.5. The number of nitrogen functional groups attached to an aromatic ring is 2. The number of rotatable bonds is 6. The monoisotopic (exact) mass is 365 g/mol. The van der Waals surface area contributed by atoms with Crippen LogP contribution in [0.2, 0.25) is 0 Å². The number of nitrogens with zero attached hydrogens (tertiary/aromatic N) is 2. The lowest BCUT2D eigenvalue weighted by molar-refractivity contribution is 0.105. The topological polar surface area (TPSA) is 136 Å². The van der Waals surface area contributed by atoms with Crippen molar-refractivity contribution < 1.29 is 14.6 Å². The maximum absolute atomic E-state index is 10.7. The van der Waals surface area contributed by atoms with Crippen molar-refractivity contribution in [3.8, 4) is 11.1 Å². The number of anilines is 3. The van der Waals surface area contributed by atoms with E-state index in [4.69, 9.17) is 21.3 Å². The number of carbonyl (C=O) groups is 1. The Morgan fingerprint density at radius 1 is 1.00 bits per heavy atom. The zero-order chi connectivity index (χ0) is 19.2. The van der Waals surface area contributed by atoms with Crippen molar-refractivity contribution in [2.75, 3.05) is 16.8 Å². The molecule has 1 heterocycles. The van der Waals surface area contributed by atoms with E-state index in [2.05, 4.69) is 15.3 Å². The maximum atomic E-state index is 10.7. The normalized spacial score (nSPS) is 10.5. The Hall–Kier alpha value is -3.65. The van der Waals surface area contributed by atoms with Gasteiger partial charge in [0, 0.05) is 11.3 Å². The number of hydrogen-bond acceptors (Lipinski definition) is 6. The van der Waals surface area contributed by atoms with Gasteiger partial charge in [-0.2, -0.15) is 4.98 Å². The maximum Gasteiger partial charge on any atom is 0.409 e. The third-order valence-electron chi connectivity index (χ3n) is 3.80. The van der Waals surface area contributed by atoms with Crippen LogP contribution < -0.4 is 16.8 Å². The molecule has 0 atom stereocenters. The molecule has 27 heavy (non-hydrogen) atoms. The highest BCUT2D eigenvalue weighted by Gasteiger charge is 2.14. The van der Waals surface area contributed by atoms with Crippen LogP contribution in [0.3, 0.4) is 0 Å². The first-order valence-electron chi connectivity index (χ1n) is 8.17. The summed E-state index contributed by atoms with van der Waals surface area (Å²) in [5.41, 5.74) is 15.2. The second-order valence-corrected chi connectivity index (χ2v) is 5.77. The number of benzene rings is 2. The molecule has 8 heteroatoms. The van der Waals surface area contributed by atoms with Crippen molar-refractivity contribution in [3.05, 3.63) is 65.9 Å². The van der Waals surface area contributed by atoms with Gasteiger partial charge < -0.3 is 21.3 Å². The van der Waals surface area contributed by atoms with E-state index in [9.17, 15) is 4.79 Å². The van der Waals surface area contributed by atoms with Gasteiger partial charge in [-0.3, -0.25) is 5.32 Å². The van der Waals surface area contributed by atoms with Gasteiger partial charge in [-0.1, -0.05) is 42.5 Å². The highest BCUT2D eigenvalue weighted by molar-refractivity contribution is 5.84. The van der Waals surface area contributed by atoms with E-state index in [-0.39, 0.29) is 18.4 Å². The van der Waals surface area contributed by atoms with E-state index in [0.717, 1.165) is 11.1 Å². The van der Waals surface area contributed by atoms with Crippen molar-refractivity contribution in [1.82, 2.24) is 9.97 Å². The molecule has 0 aliphatic heterocycles. The van der Waals surface area contributed by atoms with E-state index < -0.39 is 6.09 Å². The van der Waals surface area contributed by atoms with E-state index in [1.807, 2.05) is 30.3 Å². The molecule has 6 N–H and O–H groups in total. The van der Waals surface area contributed by atoms with Gasteiger partial charge in [0.15, 0.2) is 0 Å². The van der Waals surface area contributed by atoms with Crippen LogP contribution in [0.5, 0.6) is 0 Å². The van der Waals surface area contributed by atoms with Gasteiger partial charge in [-0.25, -0.2) is 9.78 Å². The third kappa shape index (κ3) is 4.71. The average Bonchev–Trinajstić information content (AvgIpc) is 2.63. The lowest BCUT2D eigenvalue weighted by atomic mass is 10.0. The van der Waals surface area contributed by atoms with Gasteiger partial charge in [0.05, 0.1) is 18.9 Å². The molecule has 0 aliphatic carbocycles. The minimum atomic E-state index is -1.13. The number of amides is 1. The zero-order valence-electron chi connectivity index (χ0n) is 14.4. The molecule has 0 saturated carbocycles. The van der Waals surface area contributed by atoms with Crippen LogP contribution in [-0.4, -0.2) is 21.2 Å². The van der Waals surface area contributed by atoms with Gasteiger partial charge >= 0.3 is 6.09 Å². The fraction of sp³-hybridized carbons (Fsp3) is 0.105. The molecule has 0 fully saturated rings. The fourth-order valence-corrected chi connectivity index (χ4v) is 2.65. The first kappa shape index (κ1) is 18.2. The first-order valence-corrected chi connectivity index (χ1v) is 8.17. The highest BCUT2D eigenvalue weighted by Crippen LogP contribution is 2.30. The SMILES string of the molecule is Nc1nc(N)c(-c2ccc(NC(=O)O)cc2)c(COCc2ccccc2)n1. The van der Waals surface area contributed by atoms with Crippen LogP contribution in [0.1, 0.15) is 11.3 Å². The van der Waals surface area contributed by atoms with Gasteiger partial charge in [-0.05, 0) is 23.3 Å². The summed E-state index contributed by atoms with van der Waals surface area (Å²) < 4.78 is 5.76. The van der Waals surface area contributed by atoms with Crippen LogP contribution in [0, 0.1) is 0 Å². The van der Waals surface area contributed by atoms with E-state index in [1.54, 1.807) is 24.3 Å².